The van der Waals surface area contributed by atoms with Crippen LogP contribution in [-0.4, -0.2) is 33.9 Å². The van der Waals surface area contributed by atoms with Crippen LogP contribution in [0, 0.1) is 0 Å². The Morgan fingerprint density at radius 1 is 1.14 bits per heavy atom. The zero-order chi connectivity index (χ0) is 20.5. The molecule has 0 radical (unpaired) electrons. The van der Waals surface area contributed by atoms with E-state index in [0.29, 0.717) is 16.7 Å². The lowest BCUT2D eigenvalue weighted by molar-refractivity contribution is -0.138. The van der Waals surface area contributed by atoms with Crippen LogP contribution in [-0.2, 0) is 17.5 Å². The van der Waals surface area contributed by atoms with Crippen molar-refractivity contribution in [3.8, 4) is 0 Å². The van der Waals surface area contributed by atoms with Crippen molar-refractivity contribution in [1.29, 1.82) is 0 Å². The highest BCUT2D eigenvalue weighted by Crippen LogP contribution is 2.32. The number of likely N-dealkylation sites (N-methyl/N-ethyl adjacent to an activating group) is 1. The van der Waals surface area contributed by atoms with Crippen molar-refractivity contribution < 1.29 is 18.0 Å². The number of benzene rings is 2. The summed E-state index contributed by atoms with van der Waals surface area (Å²) in [7, 11) is 1.59. The second kappa shape index (κ2) is 7.51. The molecule has 1 atom stereocenters. The van der Waals surface area contributed by atoms with Crippen molar-refractivity contribution in [2.75, 3.05) is 12.4 Å². The number of rotatable bonds is 5. The molecule has 0 saturated carbocycles. The van der Waals surface area contributed by atoms with E-state index in [4.69, 9.17) is 0 Å². The maximum absolute atomic E-state index is 13.1. The number of anilines is 1. The summed E-state index contributed by atoms with van der Waals surface area (Å²) in [6, 6.07) is 9.52. The van der Waals surface area contributed by atoms with Crippen LogP contribution in [0.5, 0.6) is 0 Å². The molecule has 1 aromatic heterocycles. The quantitative estimate of drug-likeness (QED) is 0.623. The molecule has 0 saturated heterocycles. The molecule has 6 nitrogen and oxygen atoms in total. The Labute approximate surface area is 158 Å². The average Bonchev–Trinajstić information content (AvgIpc) is 2.99. The number of aromatic nitrogens is 2. The molecule has 0 aliphatic heterocycles. The molecule has 28 heavy (non-hydrogen) atoms. The van der Waals surface area contributed by atoms with Gasteiger partial charge in [0.15, 0.2) is 0 Å². The van der Waals surface area contributed by atoms with Crippen molar-refractivity contribution in [2.24, 2.45) is 0 Å². The van der Waals surface area contributed by atoms with E-state index in [1.165, 1.54) is 23.1 Å². The Hall–Kier alpha value is -3.07. The molecule has 0 fully saturated rings. The maximum Gasteiger partial charge on any atom is 0.416 e. The standard InChI is InChI=1S/C19H19F3N4O2/c1-11(26(2)10-12-5-3-4-6-14(12)19(20,21)22)17(27)23-13-7-8-15-16(9-13)25-18(28)24-15/h3-9,11H,10H2,1-2H3,(H,23,27)(H2,24,25,28). The lowest BCUT2D eigenvalue weighted by Crippen LogP contribution is -2.39. The SMILES string of the molecule is CC(C(=O)Nc1ccc2[nH]c(=O)[nH]c2c1)N(C)Cc1ccccc1C(F)(F)F. The van der Waals surface area contributed by atoms with Gasteiger partial charge in [0.05, 0.1) is 22.6 Å². The summed E-state index contributed by atoms with van der Waals surface area (Å²) < 4.78 is 39.4. The number of hydrogen-bond donors (Lipinski definition) is 3. The fourth-order valence-electron chi connectivity index (χ4n) is 2.90. The number of amides is 1. The number of nitrogens with zero attached hydrogens (tertiary/aromatic N) is 1. The molecule has 3 rings (SSSR count). The van der Waals surface area contributed by atoms with Crippen LogP contribution in [0.3, 0.4) is 0 Å². The molecule has 1 heterocycles. The first-order valence-electron chi connectivity index (χ1n) is 8.53. The number of halogens is 3. The number of imidazole rings is 1. The summed E-state index contributed by atoms with van der Waals surface area (Å²) in [5.41, 5.74) is 0.665. The lowest BCUT2D eigenvalue weighted by Gasteiger charge is -2.25. The van der Waals surface area contributed by atoms with Crippen molar-refractivity contribution in [1.82, 2.24) is 14.9 Å². The van der Waals surface area contributed by atoms with E-state index in [-0.39, 0.29) is 23.7 Å². The normalized spacial score (nSPS) is 13.1. The van der Waals surface area contributed by atoms with E-state index < -0.39 is 17.8 Å². The third-order valence-corrected chi connectivity index (χ3v) is 4.57. The predicted octanol–water partition coefficient (Wildman–Crippen LogP) is 3.33. The van der Waals surface area contributed by atoms with Crippen molar-refractivity contribution in [3.63, 3.8) is 0 Å². The summed E-state index contributed by atoms with van der Waals surface area (Å²) >= 11 is 0. The van der Waals surface area contributed by atoms with Crippen LogP contribution in [0.25, 0.3) is 11.0 Å². The van der Waals surface area contributed by atoms with Gasteiger partial charge in [-0.15, -0.1) is 0 Å². The summed E-state index contributed by atoms with van der Waals surface area (Å²) in [5, 5.41) is 2.72. The molecule has 2 aromatic carbocycles. The molecule has 1 amide bonds. The highest BCUT2D eigenvalue weighted by atomic mass is 19.4. The lowest BCUT2D eigenvalue weighted by atomic mass is 10.1. The van der Waals surface area contributed by atoms with E-state index in [1.54, 1.807) is 32.2 Å². The summed E-state index contributed by atoms with van der Waals surface area (Å²) in [4.78, 5) is 30.6. The van der Waals surface area contributed by atoms with Crippen molar-refractivity contribution in [3.05, 3.63) is 64.1 Å². The maximum atomic E-state index is 13.1. The minimum absolute atomic E-state index is 0.0333. The molecule has 0 spiro atoms. The topological polar surface area (TPSA) is 81.0 Å². The van der Waals surface area contributed by atoms with Gasteiger partial charge in [-0.1, -0.05) is 18.2 Å². The van der Waals surface area contributed by atoms with Gasteiger partial charge in [0.25, 0.3) is 0 Å². The third kappa shape index (κ3) is 4.25. The smallest absolute Gasteiger partial charge is 0.325 e. The third-order valence-electron chi connectivity index (χ3n) is 4.57. The van der Waals surface area contributed by atoms with E-state index in [1.807, 2.05) is 0 Å². The Kier molecular flexibility index (Phi) is 5.28. The molecule has 3 N–H and O–H groups in total. The minimum atomic E-state index is -4.45. The van der Waals surface area contributed by atoms with E-state index in [9.17, 15) is 22.8 Å². The average molecular weight is 392 g/mol. The van der Waals surface area contributed by atoms with Crippen LogP contribution in [0.15, 0.2) is 47.3 Å². The molecular formula is C19H19F3N4O2. The van der Waals surface area contributed by atoms with Gasteiger partial charge in [-0.05, 0) is 43.8 Å². The molecule has 3 aromatic rings. The van der Waals surface area contributed by atoms with Crippen LogP contribution in [0.1, 0.15) is 18.1 Å². The van der Waals surface area contributed by atoms with Gasteiger partial charge in [-0.25, -0.2) is 4.79 Å². The zero-order valence-electron chi connectivity index (χ0n) is 15.2. The predicted molar refractivity (Wildman–Crippen MR) is 99.9 cm³/mol. The monoisotopic (exact) mass is 392 g/mol. The van der Waals surface area contributed by atoms with E-state index in [0.717, 1.165) is 6.07 Å². The van der Waals surface area contributed by atoms with Crippen LogP contribution >= 0.6 is 0 Å². The highest BCUT2D eigenvalue weighted by molar-refractivity contribution is 5.96. The number of H-pyrrole nitrogens is 2. The number of carbonyl (C=O) groups is 1. The largest absolute Gasteiger partial charge is 0.416 e. The van der Waals surface area contributed by atoms with Gasteiger partial charge >= 0.3 is 11.9 Å². The Morgan fingerprint density at radius 3 is 2.54 bits per heavy atom. The molecule has 0 bridgehead atoms. The van der Waals surface area contributed by atoms with E-state index >= 15 is 0 Å². The van der Waals surface area contributed by atoms with Gasteiger partial charge in [0.2, 0.25) is 5.91 Å². The first-order valence-corrected chi connectivity index (χ1v) is 8.53. The first kappa shape index (κ1) is 19.7. The summed E-state index contributed by atoms with van der Waals surface area (Å²) in [5.74, 6) is -0.371. The van der Waals surface area contributed by atoms with Crippen LogP contribution < -0.4 is 11.0 Å². The summed E-state index contributed by atoms with van der Waals surface area (Å²) in [6.45, 7) is 1.58. The number of aromatic amines is 2. The van der Waals surface area contributed by atoms with Gasteiger partial charge in [0.1, 0.15) is 0 Å². The Bertz CT molecular complexity index is 1060. The Balaban J connectivity index is 1.71. The van der Waals surface area contributed by atoms with Gasteiger partial charge in [-0.2, -0.15) is 13.2 Å². The van der Waals surface area contributed by atoms with Gasteiger partial charge in [-0.3, -0.25) is 9.69 Å². The van der Waals surface area contributed by atoms with Gasteiger partial charge < -0.3 is 15.3 Å². The van der Waals surface area contributed by atoms with Crippen molar-refractivity contribution in [2.45, 2.75) is 25.7 Å². The number of hydrogen-bond acceptors (Lipinski definition) is 3. The molecule has 1 unspecified atom stereocenters. The molecule has 0 aliphatic carbocycles. The number of fused-ring (bicyclic) bond motifs is 1. The molecule has 148 valence electrons. The first-order chi connectivity index (χ1) is 13.1. The fourth-order valence-corrected chi connectivity index (χ4v) is 2.90. The van der Waals surface area contributed by atoms with Crippen molar-refractivity contribution >= 4 is 22.6 Å². The molecule has 0 aliphatic rings. The summed E-state index contributed by atoms with van der Waals surface area (Å²) in [6.07, 6.45) is -4.45. The number of nitrogens with one attached hydrogen (secondary N) is 3. The molecular weight excluding hydrogens is 373 g/mol. The van der Waals surface area contributed by atoms with E-state index in [2.05, 4.69) is 15.3 Å². The Morgan fingerprint density at radius 2 is 1.82 bits per heavy atom. The fraction of sp³-hybridized carbons (Fsp3) is 0.263. The highest BCUT2D eigenvalue weighted by Gasteiger charge is 2.33. The second-order valence-corrected chi connectivity index (χ2v) is 6.57. The van der Waals surface area contributed by atoms with Gasteiger partial charge in [0, 0.05) is 12.2 Å². The number of carbonyl (C=O) groups excluding carboxylic acids is 1. The number of alkyl halides is 3. The second-order valence-electron chi connectivity index (χ2n) is 6.57. The molecule has 9 heteroatoms. The van der Waals surface area contributed by atoms with Crippen LogP contribution in [0.2, 0.25) is 0 Å². The minimum Gasteiger partial charge on any atom is -0.325 e. The zero-order valence-corrected chi connectivity index (χ0v) is 15.2. The van der Waals surface area contributed by atoms with Crippen LogP contribution in [0.4, 0.5) is 18.9 Å².